The molecule has 0 spiro atoms. The number of carbonyl (C=O) groups excluding carboxylic acids is 3. The zero-order valence-electron chi connectivity index (χ0n) is 15.7. The lowest BCUT2D eigenvalue weighted by atomic mass is 10.1. The minimum Gasteiger partial charge on any atom is -0.452 e. The first-order valence-electron chi connectivity index (χ1n) is 8.41. The molecule has 0 fully saturated rings. The molecule has 148 valence electrons. The molecule has 2 aromatic carbocycles. The first-order chi connectivity index (χ1) is 13.2. The van der Waals surface area contributed by atoms with Crippen LogP contribution in [0.25, 0.3) is 0 Å². The molecule has 0 aliphatic heterocycles. The lowest BCUT2D eigenvalue weighted by Crippen LogP contribution is -2.37. The van der Waals surface area contributed by atoms with E-state index in [1.165, 1.54) is 7.05 Å². The van der Waals surface area contributed by atoms with Crippen LogP contribution in [-0.4, -0.2) is 42.9 Å². The second-order valence-corrected chi connectivity index (χ2v) is 6.29. The fraction of sp³-hybridized carbons (Fsp3) is 0.250. The van der Waals surface area contributed by atoms with Crippen LogP contribution in [0.4, 0.5) is 14.5 Å². The normalized spacial score (nSPS) is 10.3. The number of carbonyl (C=O) groups is 3. The number of hydrogen-bond acceptors (Lipinski definition) is 4. The van der Waals surface area contributed by atoms with Crippen LogP contribution in [0, 0.1) is 25.5 Å². The molecule has 6 nitrogen and oxygen atoms in total. The standard InChI is InChI=1S/C20H20F2N2O4/c1-12-7-8-13(2)16(9-12)23-17(25)10-24(3)18(26)11-28-20(27)19-14(21)5-4-6-15(19)22/h4-9H,10-11H2,1-3H3,(H,23,25). The summed E-state index contributed by atoms with van der Waals surface area (Å²) in [6.07, 6.45) is 0. The highest BCUT2D eigenvalue weighted by Gasteiger charge is 2.21. The molecule has 0 heterocycles. The number of ether oxygens (including phenoxy) is 1. The Morgan fingerprint density at radius 2 is 1.71 bits per heavy atom. The number of rotatable bonds is 6. The smallest absolute Gasteiger partial charge is 0.344 e. The van der Waals surface area contributed by atoms with Crippen LogP contribution in [0.15, 0.2) is 36.4 Å². The number of nitrogens with zero attached hydrogens (tertiary/aromatic N) is 1. The Kier molecular flexibility index (Phi) is 6.81. The molecule has 0 bridgehead atoms. The van der Waals surface area contributed by atoms with Gasteiger partial charge < -0.3 is 15.0 Å². The summed E-state index contributed by atoms with van der Waals surface area (Å²) in [7, 11) is 1.35. The average molecular weight is 390 g/mol. The number of hydrogen-bond donors (Lipinski definition) is 1. The van der Waals surface area contributed by atoms with Crippen molar-refractivity contribution in [1.29, 1.82) is 0 Å². The van der Waals surface area contributed by atoms with E-state index < -0.39 is 41.6 Å². The van der Waals surface area contributed by atoms with E-state index in [0.29, 0.717) is 5.69 Å². The van der Waals surface area contributed by atoms with E-state index in [1.54, 1.807) is 6.07 Å². The molecule has 2 aromatic rings. The molecule has 2 rings (SSSR count). The highest BCUT2D eigenvalue weighted by atomic mass is 19.1. The van der Waals surface area contributed by atoms with Gasteiger partial charge in [0.05, 0.1) is 6.54 Å². The molecule has 0 aromatic heterocycles. The van der Waals surface area contributed by atoms with Gasteiger partial charge in [0.25, 0.3) is 5.91 Å². The predicted octanol–water partition coefficient (Wildman–Crippen LogP) is 2.84. The Balaban J connectivity index is 1.89. The van der Waals surface area contributed by atoms with E-state index in [4.69, 9.17) is 0 Å². The summed E-state index contributed by atoms with van der Waals surface area (Å²) >= 11 is 0. The molecular formula is C20H20F2N2O4. The predicted molar refractivity (Wildman–Crippen MR) is 98.8 cm³/mol. The molecule has 0 saturated heterocycles. The third kappa shape index (κ3) is 5.35. The van der Waals surface area contributed by atoms with Crippen molar-refractivity contribution in [3.63, 3.8) is 0 Å². The Labute approximate surface area is 161 Å². The molecule has 1 N–H and O–H groups in total. The number of nitrogens with one attached hydrogen (secondary N) is 1. The lowest BCUT2D eigenvalue weighted by molar-refractivity contribution is -0.136. The number of halogens is 2. The average Bonchev–Trinajstić information content (AvgIpc) is 2.62. The molecule has 0 aliphatic rings. The van der Waals surface area contributed by atoms with Crippen LogP contribution in [0.2, 0.25) is 0 Å². The largest absolute Gasteiger partial charge is 0.452 e. The number of amides is 2. The summed E-state index contributed by atoms with van der Waals surface area (Å²) in [5, 5.41) is 2.70. The SMILES string of the molecule is Cc1ccc(C)c(NC(=O)CN(C)C(=O)COC(=O)c2c(F)cccc2F)c1. The number of aryl methyl sites for hydroxylation is 2. The second-order valence-electron chi connectivity index (χ2n) is 6.29. The Bertz CT molecular complexity index is 895. The first-order valence-corrected chi connectivity index (χ1v) is 8.41. The van der Waals surface area contributed by atoms with Gasteiger partial charge in [-0.1, -0.05) is 18.2 Å². The van der Waals surface area contributed by atoms with Gasteiger partial charge in [0, 0.05) is 12.7 Å². The summed E-state index contributed by atoms with van der Waals surface area (Å²) in [5.41, 5.74) is 1.60. The monoisotopic (exact) mass is 390 g/mol. The van der Waals surface area contributed by atoms with Crippen molar-refractivity contribution in [3.8, 4) is 0 Å². The number of benzene rings is 2. The van der Waals surface area contributed by atoms with Crippen molar-refractivity contribution >= 4 is 23.5 Å². The number of anilines is 1. The van der Waals surface area contributed by atoms with Crippen LogP contribution in [-0.2, 0) is 14.3 Å². The maximum absolute atomic E-state index is 13.5. The fourth-order valence-corrected chi connectivity index (χ4v) is 2.37. The van der Waals surface area contributed by atoms with Crippen molar-refractivity contribution < 1.29 is 27.9 Å². The topological polar surface area (TPSA) is 75.7 Å². The van der Waals surface area contributed by atoms with Crippen molar-refractivity contribution in [2.75, 3.05) is 25.5 Å². The zero-order chi connectivity index (χ0) is 20.8. The third-order valence-corrected chi connectivity index (χ3v) is 3.97. The maximum atomic E-state index is 13.5. The Morgan fingerprint density at radius 1 is 1.07 bits per heavy atom. The highest BCUT2D eigenvalue weighted by molar-refractivity contribution is 5.96. The maximum Gasteiger partial charge on any atom is 0.344 e. The molecule has 0 aliphatic carbocycles. The van der Waals surface area contributed by atoms with Gasteiger partial charge in [0.15, 0.2) is 6.61 Å². The van der Waals surface area contributed by atoms with Crippen molar-refractivity contribution in [1.82, 2.24) is 4.90 Å². The van der Waals surface area contributed by atoms with Gasteiger partial charge in [-0.25, -0.2) is 13.6 Å². The summed E-state index contributed by atoms with van der Waals surface area (Å²) in [5.74, 6) is -4.59. The van der Waals surface area contributed by atoms with Crippen molar-refractivity contribution in [2.24, 2.45) is 0 Å². The molecule has 8 heteroatoms. The Morgan fingerprint density at radius 3 is 2.36 bits per heavy atom. The summed E-state index contributed by atoms with van der Waals surface area (Å²) in [4.78, 5) is 37.0. The van der Waals surface area contributed by atoms with E-state index >= 15 is 0 Å². The van der Waals surface area contributed by atoms with Gasteiger partial charge in [-0.05, 0) is 43.2 Å². The summed E-state index contributed by atoms with van der Waals surface area (Å²) < 4.78 is 31.7. The zero-order valence-corrected chi connectivity index (χ0v) is 15.7. The van der Waals surface area contributed by atoms with Gasteiger partial charge >= 0.3 is 5.97 Å². The fourth-order valence-electron chi connectivity index (χ4n) is 2.37. The molecule has 28 heavy (non-hydrogen) atoms. The first kappa shape index (κ1) is 21.0. The Hall–Kier alpha value is -3.29. The molecule has 0 unspecified atom stereocenters. The van der Waals surface area contributed by atoms with Gasteiger partial charge in [0.1, 0.15) is 17.2 Å². The van der Waals surface area contributed by atoms with Crippen molar-refractivity contribution in [3.05, 3.63) is 64.7 Å². The molecular weight excluding hydrogens is 370 g/mol. The van der Waals surface area contributed by atoms with E-state index in [0.717, 1.165) is 34.2 Å². The van der Waals surface area contributed by atoms with Gasteiger partial charge in [-0.2, -0.15) is 0 Å². The minimum atomic E-state index is -1.29. The number of esters is 1. The van der Waals surface area contributed by atoms with Gasteiger partial charge in [0.2, 0.25) is 5.91 Å². The molecule has 2 amide bonds. The van der Waals surface area contributed by atoms with Crippen LogP contribution in [0.3, 0.4) is 0 Å². The van der Waals surface area contributed by atoms with Crippen molar-refractivity contribution in [2.45, 2.75) is 13.8 Å². The van der Waals surface area contributed by atoms with E-state index in [2.05, 4.69) is 10.1 Å². The van der Waals surface area contributed by atoms with E-state index in [9.17, 15) is 23.2 Å². The third-order valence-electron chi connectivity index (χ3n) is 3.97. The van der Waals surface area contributed by atoms with E-state index in [-0.39, 0.29) is 6.54 Å². The summed E-state index contributed by atoms with van der Waals surface area (Å²) in [6, 6.07) is 8.50. The van der Waals surface area contributed by atoms with Gasteiger partial charge in [-0.15, -0.1) is 0 Å². The van der Waals surface area contributed by atoms with Crippen LogP contribution in [0.5, 0.6) is 0 Å². The minimum absolute atomic E-state index is 0.280. The molecule has 0 saturated carbocycles. The summed E-state index contributed by atoms with van der Waals surface area (Å²) in [6.45, 7) is 2.69. The van der Waals surface area contributed by atoms with Crippen LogP contribution in [0.1, 0.15) is 21.5 Å². The van der Waals surface area contributed by atoms with E-state index in [1.807, 2.05) is 26.0 Å². The molecule has 0 atom stereocenters. The highest BCUT2D eigenvalue weighted by Crippen LogP contribution is 2.16. The molecule has 0 radical (unpaired) electrons. The van der Waals surface area contributed by atoms with Gasteiger partial charge in [-0.3, -0.25) is 9.59 Å². The van der Waals surface area contributed by atoms with Crippen LogP contribution < -0.4 is 5.32 Å². The quantitative estimate of drug-likeness (QED) is 0.770. The lowest BCUT2D eigenvalue weighted by Gasteiger charge is -2.17. The number of likely N-dealkylation sites (N-methyl/N-ethyl adjacent to an activating group) is 1. The second kappa shape index (κ2) is 9.07. The van der Waals surface area contributed by atoms with Crippen LogP contribution >= 0.6 is 0 Å².